The second-order valence-corrected chi connectivity index (χ2v) is 10.5. The Kier molecular flexibility index (Phi) is 11.6. The Bertz CT molecular complexity index is 1450. The van der Waals surface area contributed by atoms with Gasteiger partial charge in [0.15, 0.2) is 0 Å². The van der Waals surface area contributed by atoms with E-state index >= 15 is 0 Å². The minimum atomic E-state index is -0.818. The Hall–Kier alpha value is -3.84. The van der Waals surface area contributed by atoms with Crippen LogP contribution in [0.5, 0.6) is 5.75 Å². The monoisotopic (exact) mass is 615 g/mol. The molecule has 1 fully saturated rings. The summed E-state index contributed by atoms with van der Waals surface area (Å²) in [7, 11) is 1.47. The number of aliphatic hydroxyl groups excluding tert-OH is 1. The largest absolute Gasteiger partial charge is 0.491 e. The molecule has 11 nitrogen and oxygen atoms in total. The standard InChI is InChI=1S/C30H35ClFN5O6/c1-3-42-29(40)15-37(14-21(38)17-41-2)10-4-5-28(39)36-26-12-22-25(13-27(26)43-16-19-6-7-19)33-18-34-30(22)35-20-8-9-24(32)23(31)11-20/h4-5,8-9,11-13,18-19,21,38H,3,6-7,10,14-17H2,1-2H3,(H,36,39)(H,33,34,35)/b5-4+/t21-/m0/s1. The molecule has 1 aliphatic rings. The molecule has 0 bridgehead atoms. The highest BCUT2D eigenvalue weighted by Crippen LogP contribution is 2.36. The molecule has 3 aromatic rings. The number of aliphatic hydroxyl groups is 1. The van der Waals surface area contributed by atoms with Gasteiger partial charge in [-0.2, -0.15) is 0 Å². The summed E-state index contributed by atoms with van der Waals surface area (Å²) in [6, 6.07) is 7.69. The van der Waals surface area contributed by atoms with Crippen molar-refractivity contribution in [3.8, 4) is 5.75 Å². The van der Waals surface area contributed by atoms with E-state index in [1.165, 1.54) is 37.7 Å². The van der Waals surface area contributed by atoms with Crippen molar-refractivity contribution in [1.29, 1.82) is 0 Å². The first kappa shape index (κ1) is 32.1. The van der Waals surface area contributed by atoms with Crippen molar-refractivity contribution in [3.05, 3.63) is 59.7 Å². The molecule has 43 heavy (non-hydrogen) atoms. The summed E-state index contributed by atoms with van der Waals surface area (Å²) in [5.74, 6) is -0.0397. The van der Waals surface area contributed by atoms with E-state index in [-0.39, 0.29) is 37.9 Å². The van der Waals surface area contributed by atoms with Crippen LogP contribution in [0.15, 0.2) is 48.8 Å². The minimum Gasteiger partial charge on any atom is -0.491 e. The van der Waals surface area contributed by atoms with Gasteiger partial charge in [0.2, 0.25) is 5.91 Å². The van der Waals surface area contributed by atoms with E-state index in [9.17, 15) is 19.1 Å². The highest BCUT2D eigenvalue weighted by Gasteiger charge is 2.23. The third-order valence-electron chi connectivity index (χ3n) is 6.47. The zero-order valence-corrected chi connectivity index (χ0v) is 24.8. The van der Waals surface area contributed by atoms with Crippen LogP contribution in [0.4, 0.5) is 21.6 Å². The molecule has 0 spiro atoms. The van der Waals surface area contributed by atoms with E-state index in [1.807, 2.05) is 0 Å². The number of amides is 1. The smallest absolute Gasteiger partial charge is 0.320 e. The number of ether oxygens (including phenoxy) is 3. The van der Waals surface area contributed by atoms with Gasteiger partial charge in [0.25, 0.3) is 0 Å². The maximum Gasteiger partial charge on any atom is 0.320 e. The van der Waals surface area contributed by atoms with Gasteiger partial charge < -0.3 is 30.0 Å². The first-order chi connectivity index (χ1) is 20.7. The van der Waals surface area contributed by atoms with Gasteiger partial charge in [0.1, 0.15) is 23.7 Å². The maximum absolute atomic E-state index is 13.7. The van der Waals surface area contributed by atoms with Crippen LogP contribution in [-0.2, 0) is 19.1 Å². The van der Waals surface area contributed by atoms with Gasteiger partial charge in [0.05, 0.1) is 48.7 Å². The summed E-state index contributed by atoms with van der Waals surface area (Å²) in [6.45, 7) is 2.87. The summed E-state index contributed by atoms with van der Waals surface area (Å²) in [5.41, 5.74) is 1.52. The van der Waals surface area contributed by atoms with Crippen LogP contribution in [0.3, 0.4) is 0 Å². The number of benzene rings is 2. The molecule has 13 heteroatoms. The van der Waals surface area contributed by atoms with Crippen molar-refractivity contribution < 1.29 is 33.3 Å². The number of anilines is 3. The number of carbonyl (C=O) groups is 2. The van der Waals surface area contributed by atoms with Gasteiger partial charge in [-0.05, 0) is 49.9 Å². The lowest BCUT2D eigenvalue weighted by molar-refractivity contribution is -0.144. The van der Waals surface area contributed by atoms with Crippen molar-refractivity contribution in [2.75, 3.05) is 57.2 Å². The average molecular weight is 616 g/mol. The lowest BCUT2D eigenvalue weighted by atomic mass is 10.1. The third-order valence-corrected chi connectivity index (χ3v) is 6.76. The zero-order chi connectivity index (χ0) is 30.8. The number of fused-ring (bicyclic) bond motifs is 1. The van der Waals surface area contributed by atoms with Crippen molar-refractivity contribution >= 4 is 51.6 Å². The molecule has 2 aromatic carbocycles. The number of halogens is 2. The summed E-state index contributed by atoms with van der Waals surface area (Å²) < 4.78 is 29.7. The number of nitrogens with zero attached hydrogens (tertiary/aromatic N) is 3. The van der Waals surface area contributed by atoms with Crippen LogP contribution in [0.25, 0.3) is 10.9 Å². The van der Waals surface area contributed by atoms with E-state index < -0.39 is 23.8 Å². The fourth-order valence-electron chi connectivity index (χ4n) is 4.22. The van der Waals surface area contributed by atoms with Gasteiger partial charge in [-0.1, -0.05) is 17.7 Å². The van der Waals surface area contributed by atoms with E-state index in [2.05, 4.69) is 20.6 Å². The van der Waals surface area contributed by atoms with Crippen LogP contribution >= 0.6 is 11.6 Å². The SMILES string of the molecule is CCOC(=O)CN(C/C=C/C(=O)Nc1cc2c(Nc3ccc(F)c(Cl)c3)ncnc2cc1OCC1CC1)C[C@H](O)COC. The molecule has 0 saturated heterocycles. The predicted molar refractivity (Wildman–Crippen MR) is 161 cm³/mol. The molecule has 0 radical (unpaired) electrons. The Balaban J connectivity index is 1.53. The molecule has 3 N–H and O–H groups in total. The van der Waals surface area contributed by atoms with E-state index in [0.29, 0.717) is 46.4 Å². The van der Waals surface area contributed by atoms with Crippen molar-refractivity contribution in [2.45, 2.75) is 25.9 Å². The molecular formula is C30H35ClFN5O6. The lowest BCUT2D eigenvalue weighted by Crippen LogP contribution is -2.38. The summed E-state index contributed by atoms with van der Waals surface area (Å²) >= 11 is 5.94. The van der Waals surface area contributed by atoms with Crippen LogP contribution in [0, 0.1) is 11.7 Å². The van der Waals surface area contributed by atoms with E-state index in [1.54, 1.807) is 30.0 Å². The molecule has 1 atom stereocenters. The van der Waals surface area contributed by atoms with Crippen LogP contribution in [-0.4, -0.2) is 84.5 Å². The normalized spacial score (nSPS) is 13.8. The molecule has 0 aliphatic heterocycles. The van der Waals surface area contributed by atoms with Gasteiger partial charge in [0, 0.05) is 43.4 Å². The highest BCUT2D eigenvalue weighted by atomic mass is 35.5. The van der Waals surface area contributed by atoms with Gasteiger partial charge in [-0.3, -0.25) is 14.5 Å². The first-order valence-electron chi connectivity index (χ1n) is 13.9. The Morgan fingerprint density at radius 1 is 1.26 bits per heavy atom. The van der Waals surface area contributed by atoms with Crippen LogP contribution in [0.1, 0.15) is 19.8 Å². The minimum absolute atomic E-state index is 0.0344. The number of hydrogen-bond donors (Lipinski definition) is 3. The van der Waals surface area contributed by atoms with Crippen molar-refractivity contribution in [2.24, 2.45) is 5.92 Å². The maximum atomic E-state index is 13.7. The second kappa shape index (κ2) is 15.6. The lowest BCUT2D eigenvalue weighted by Gasteiger charge is -2.22. The van der Waals surface area contributed by atoms with Gasteiger partial charge in [-0.15, -0.1) is 0 Å². The topological polar surface area (TPSA) is 135 Å². The Labute approximate surface area is 254 Å². The number of aromatic nitrogens is 2. The summed E-state index contributed by atoms with van der Waals surface area (Å²) in [4.78, 5) is 35.4. The number of hydrogen-bond acceptors (Lipinski definition) is 10. The molecule has 1 saturated carbocycles. The molecule has 4 rings (SSSR count). The number of carbonyl (C=O) groups excluding carboxylic acids is 2. The zero-order valence-electron chi connectivity index (χ0n) is 24.0. The van der Waals surface area contributed by atoms with E-state index in [4.69, 9.17) is 25.8 Å². The summed E-state index contributed by atoms with van der Waals surface area (Å²) in [6.07, 6.45) is 5.70. The number of rotatable bonds is 16. The van der Waals surface area contributed by atoms with Crippen molar-refractivity contribution in [3.63, 3.8) is 0 Å². The molecule has 230 valence electrons. The van der Waals surface area contributed by atoms with Crippen LogP contribution < -0.4 is 15.4 Å². The third kappa shape index (κ3) is 9.85. The Morgan fingerprint density at radius 2 is 2.07 bits per heavy atom. The molecule has 1 heterocycles. The average Bonchev–Trinajstić information content (AvgIpc) is 3.79. The first-order valence-corrected chi connectivity index (χ1v) is 14.3. The molecule has 0 unspecified atom stereocenters. The number of esters is 1. The quantitative estimate of drug-likeness (QED) is 0.158. The number of methoxy groups -OCH3 is 1. The van der Waals surface area contributed by atoms with Gasteiger partial charge in [-0.25, -0.2) is 14.4 Å². The fourth-order valence-corrected chi connectivity index (χ4v) is 4.40. The van der Waals surface area contributed by atoms with Crippen LogP contribution in [0.2, 0.25) is 5.02 Å². The Morgan fingerprint density at radius 3 is 2.79 bits per heavy atom. The molecule has 1 aromatic heterocycles. The highest BCUT2D eigenvalue weighted by molar-refractivity contribution is 6.31. The second-order valence-electron chi connectivity index (χ2n) is 10.1. The predicted octanol–water partition coefficient (Wildman–Crippen LogP) is 4.32. The molecular weight excluding hydrogens is 581 g/mol. The van der Waals surface area contributed by atoms with Crippen molar-refractivity contribution in [1.82, 2.24) is 14.9 Å². The van der Waals surface area contributed by atoms with Gasteiger partial charge >= 0.3 is 5.97 Å². The molecule has 1 amide bonds. The number of nitrogens with one attached hydrogen (secondary N) is 2. The fraction of sp³-hybridized carbons (Fsp3) is 0.400. The van der Waals surface area contributed by atoms with E-state index in [0.717, 1.165) is 12.8 Å². The molecule has 1 aliphatic carbocycles. The summed E-state index contributed by atoms with van der Waals surface area (Å²) in [5, 5.41) is 16.7.